The lowest BCUT2D eigenvalue weighted by atomic mass is 9.74. The summed E-state index contributed by atoms with van der Waals surface area (Å²) >= 11 is 0. The maximum atomic E-state index is 12.0. The number of fused-ring (bicyclic) bond motifs is 3. The van der Waals surface area contributed by atoms with Crippen molar-refractivity contribution in [1.29, 1.82) is 0 Å². The van der Waals surface area contributed by atoms with Crippen molar-refractivity contribution >= 4 is 11.9 Å². The van der Waals surface area contributed by atoms with Gasteiger partial charge in [0, 0.05) is 66.7 Å². The Morgan fingerprint density at radius 3 is 2.59 bits per heavy atom. The van der Waals surface area contributed by atoms with Crippen LogP contribution in [-0.2, 0) is 9.59 Å². The summed E-state index contributed by atoms with van der Waals surface area (Å²) in [5.41, 5.74) is 3.25. The first-order valence-electron chi connectivity index (χ1n) is 12.5. The van der Waals surface area contributed by atoms with Crippen LogP contribution in [0, 0.1) is 5.92 Å². The quantitative estimate of drug-likeness (QED) is 0.552. The molecule has 2 aromatic heterocycles. The molecule has 4 atom stereocenters. The van der Waals surface area contributed by atoms with Gasteiger partial charge in [0.1, 0.15) is 0 Å². The average molecular weight is 466 g/mol. The number of rotatable bonds is 10. The Morgan fingerprint density at radius 1 is 1.18 bits per heavy atom. The van der Waals surface area contributed by atoms with Gasteiger partial charge in [0.25, 0.3) is 0 Å². The van der Waals surface area contributed by atoms with Crippen molar-refractivity contribution in [2.75, 3.05) is 19.6 Å². The van der Waals surface area contributed by atoms with Gasteiger partial charge in [-0.25, -0.2) is 9.97 Å². The van der Waals surface area contributed by atoms with Crippen LogP contribution >= 0.6 is 0 Å². The lowest BCUT2D eigenvalue weighted by molar-refractivity contribution is -0.138. The molecular weight excluding hydrogens is 430 g/mol. The first kappa shape index (κ1) is 24.3. The largest absolute Gasteiger partial charge is 0.481 e. The van der Waals surface area contributed by atoms with Gasteiger partial charge in [0.15, 0.2) is 5.82 Å². The van der Waals surface area contributed by atoms with E-state index in [-0.39, 0.29) is 18.7 Å². The fourth-order valence-corrected chi connectivity index (χ4v) is 5.45. The van der Waals surface area contributed by atoms with E-state index in [1.807, 2.05) is 12.1 Å². The lowest BCUT2D eigenvalue weighted by Crippen LogP contribution is -2.56. The fraction of sp³-hybridized carbons (Fsp3) is 0.577. The van der Waals surface area contributed by atoms with Gasteiger partial charge in [0.05, 0.1) is 6.42 Å². The highest BCUT2D eigenvalue weighted by Gasteiger charge is 2.41. The molecule has 182 valence electrons. The summed E-state index contributed by atoms with van der Waals surface area (Å²) in [6.45, 7) is 6.96. The van der Waals surface area contributed by atoms with E-state index in [2.05, 4.69) is 35.1 Å². The minimum Gasteiger partial charge on any atom is -0.481 e. The standard InChI is InChI=1S/C26H35N5O3/c1-3-17(4-2)22-14-23(30-26(29-22)18-7-10-27-11-8-18)21-16-31-12-9-19(21)13-20(31)15-28-24(32)5-6-25(33)34/h7-8,10-11,14,17,19-21H,3-6,9,12-13,15-16H2,1-2H3,(H,28,32)(H,33,34). The number of hydrogen-bond acceptors (Lipinski definition) is 6. The zero-order valence-electron chi connectivity index (χ0n) is 20.1. The molecule has 5 heterocycles. The first-order chi connectivity index (χ1) is 16.5. The van der Waals surface area contributed by atoms with Crippen LogP contribution in [0.5, 0.6) is 0 Å². The van der Waals surface area contributed by atoms with Gasteiger partial charge in [-0.05, 0) is 56.3 Å². The maximum Gasteiger partial charge on any atom is 0.303 e. The highest BCUT2D eigenvalue weighted by Crippen LogP contribution is 2.42. The van der Waals surface area contributed by atoms with Crippen LogP contribution in [0.15, 0.2) is 30.6 Å². The Kier molecular flexibility index (Phi) is 7.88. The third-order valence-corrected chi connectivity index (χ3v) is 7.47. The molecule has 34 heavy (non-hydrogen) atoms. The number of carbonyl (C=O) groups excluding carboxylic acids is 1. The molecule has 0 aliphatic carbocycles. The summed E-state index contributed by atoms with van der Waals surface area (Å²) in [5.74, 6) is 0.930. The number of carboxylic acid groups (broad SMARTS) is 1. The number of amides is 1. The number of aliphatic carboxylic acids is 1. The molecule has 1 amide bonds. The Bertz CT molecular complexity index is 995. The highest BCUT2D eigenvalue weighted by molar-refractivity contribution is 5.80. The van der Waals surface area contributed by atoms with Crippen molar-refractivity contribution in [1.82, 2.24) is 25.2 Å². The topological polar surface area (TPSA) is 108 Å². The molecule has 3 fully saturated rings. The Hall–Kier alpha value is -2.87. The van der Waals surface area contributed by atoms with Crippen molar-refractivity contribution in [2.24, 2.45) is 5.92 Å². The van der Waals surface area contributed by atoms with Gasteiger partial charge in [-0.1, -0.05) is 13.8 Å². The van der Waals surface area contributed by atoms with Crippen molar-refractivity contribution in [2.45, 2.75) is 70.3 Å². The van der Waals surface area contributed by atoms with E-state index in [1.165, 1.54) is 0 Å². The van der Waals surface area contributed by atoms with Gasteiger partial charge in [-0.2, -0.15) is 0 Å². The third kappa shape index (κ3) is 5.60. The molecule has 2 bridgehead atoms. The van der Waals surface area contributed by atoms with E-state index in [4.69, 9.17) is 15.1 Å². The van der Waals surface area contributed by atoms with Crippen LogP contribution in [0.1, 0.15) is 75.6 Å². The van der Waals surface area contributed by atoms with Gasteiger partial charge < -0.3 is 10.4 Å². The van der Waals surface area contributed by atoms with Crippen LogP contribution in [0.25, 0.3) is 11.4 Å². The second kappa shape index (κ2) is 11.0. The SMILES string of the molecule is CCC(CC)c1cc(C2CN3CCC2CC3CNC(=O)CCC(=O)O)nc(-c2ccncc2)n1. The van der Waals surface area contributed by atoms with Gasteiger partial charge in [-0.3, -0.25) is 19.5 Å². The molecule has 4 unspecified atom stereocenters. The van der Waals surface area contributed by atoms with Crippen molar-refractivity contribution < 1.29 is 14.7 Å². The lowest BCUT2D eigenvalue weighted by Gasteiger charge is -2.49. The van der Waals surface area contributed by atoms with Crippen molar-refractivity contribution in [3.63, 3.8) is 0 Å². The minimum atomic E-state index is -0.942. The molecule has 5 rings (SSSR count). The maximum absolute atomic E-state index is 12.0. The third-order valence-electron chi connectivity index (χ3n) is 7.47. The summed E-state index contributed by atoms with van der Waals surface area (Å²) in [5, 5.41) is 11.7. The molecule has 0 spiro atoms. The van der Waals surface area contributed by atoms with E-state index in [9.17, 15) is 9.59 Å². The predicted octanol–water partition coefficient (Wildman–Crippen LogP) is 3.60. The summed E-state index contributed by atoms with van der Waals surface area (Å²) < 4.78 is 0. The molecular formula is C26H35N5O3. The molecule has 2 aromatic rings. The van der Waals surface area contributed by atoms with E-state index in [0.29, 0.717) is 30.3 Å². The summed E-state index contributed by atoms with van der Waals surface area (Å²) in [6.07, 6.45) is 7.71. The normalized spacial score (nSPS) is 23.7. The monoisotopic (exact) mass is 465 g/mol. The predicted molar refractivity (Wildman–Crippen MR) is 129 cm³/mol. The number of aromatic nitrogens is 3. The first-order valence-corrected chi connectivity index (χ1v) is 12.5. The minimum absolute atomic E-state index is 0.0334. The number of nitrogens with zero attached hydrogens (tertiary/aromatic N) is 4. The molecule has 3 aliphatic heterocycles. The van der Waals surface area contributed by atoms with Crippen LogP contribution in [0.3, 0.4) is 0 Å². The van der Waals surface area contributed by atoms with Crippen LogP contribution in [0.4, 0.5) is 0 Å². The second-order valence-corrected chi connectivity index (χ2v) is 9.53. The number of carboxylic acids is 1. The zero-order valence-corrected chi connectivity index (χ0v) is 20.1. The molecule has 8 nitrogen and oxygen atoms in total. The molecule has 0 saturated carbocycles. The van der Waals surface area contributed by atoms with Gasteiger partial charge >= 0.3 is 5.97 Å². The Labute approximate surface area is 201 Å². The number of carbonyl (C=O) groups is 2. The molecule has 8 heteroatoms. The van der Waals surface area contributed by atoms with Gasteiger partial charge in [0.2, 0.25) is 5.91 Å². The zero-order chi connectivity index (χ0) is 24.1. The molecule has 0 aromatic carbocycles. The smallest absolute Gasteiger partial charge is 0.303 e. The number of piperidine rings is 3. The van der Waals surface area contributed by atoms with Crippen molar-refractivity contribution in [3.8, 4) is 11.4 Å². The van der Waals surface area contributed by atoms with E-state index < -0.39 is 5.97 Å². The van der Waals surface area contributed by atoms with E-state index in [1.54, 1.807) is 12.4 Å². The van der Waals surface area contributed by atoms with E-state index >= 15 is 0 Å². The number of pyridine rings is 1. The molecule has 3 aliphatic rings. The molecule has 3 saturated heterocycles. The Morgan fingerprint density at radius 2 is 1.94 bits per heavy atom. The average Bonchev–Trinajstić information content (AvgIpc) is 2.87. The van der Waals surface area contributed by atoms with Crippen LogP contribution in [-0.4, -0.2) is 62.5 Å². The van der Waals surface area contributed by atoms with Crippen LogP contribution in [0.2, 0.25) is 0 Å². The molecule has 2 N–H and O–H groups in total. The Balaban J connectivity index is 1.51. The van der Waals surface area contributed by atoms with Crippen LogP contribution < -0.4 is 5.32 Å². The van der Waals surface area contributed by atoms with Crippen molar-refractivity contribution in [3.05, 3.63) is 42.0 Å². The fourth-order valence-electron chi connectivity index (χ4n) is 5.45. The summed E-state index contributed by atoms with van der Waals surface area (Å²) in [6, 6.07) is 6.46. The van der Waals surface area contributed by atoms with Gasteiger partial charge in [-0.15, -0.1) is 0 Å². The number of nitrogens with one attached hydrogen (secondary N) is 1. The second-order valence-electron chi connectivity index (χ2n) is 9.53. The summed E-state index contributed by atoms with van der Waals surface area (Å²) in [4.78, 5) is 39.3. The molecule has 0 radical (unpaired) electrons. The van der Waals surface area contributed by atoms with E-state index in [0.717, 1.165) is 61.5 Å². The summed E-state index contributed by atoms with van der Waals surface area (Å²) in [7, 11) is 0. The number of hydrogen-bond donors (Lipinski definition) is 2. The highest BCUT2D eigenvalue weighted by atomic mass is 16.4.